The molecule has 0 saturated carbocycles. The lowest BCUT2D eigenvalue weighted by molar-refractivity contribution is 0.0931. The van der Waals surface area contributed by atoms with Crippen molar-refractivity contribution in [3.05, 3.63) is 87.9 Å². The van der Waals surface area contributed by atoms with Crippen molar-refractivity contribution in [2.45, 2.75) is 26.3 Å². The molecule has 0 aliphatic carbocycles. The minimum absolute atomic E-state index is 0.267. The maximum Gasteiger partial charge on any atom is 0.257 e. The second kappa shape index (κ2) is 8.83. The van der Waals surface area contributed by atoms with Crippen molar-refractivity contribution in [1.29, 1.82) is 0 Å². The van der Waals surface area contributed by atoms with E-state index in [0.717, 1.165) is 16.5 Å². The van der Waals surface area contributed by atoms with Crippen LogP contribution in [-0.4, -0.2) is 32.4 Å². The van der Waals surface area contributed by atoms with Crippen LogP contribution in [0.3, 0.4) is 0 Å². The molecule has 1 atom stereocenters. The number of ether oxygens (including phenoxy) is 1. The zero-order valence-corrected chi connectivity index (χ0v) is 17.3. The second-order valence-electron chi connectivity index (χ2n) is 7.13. The second-order valence-corrected chi connectivity index (χ2v) is 7.13. The first-order valence-corrected chi connectivity index (χ1v) is 10.1. The van der Waals surface area contributed by atoms with E-state index >= 15 is 0 Å². The highest BCUT2D eigenvalue weighted by atomic mass is 16.5. The van der Waals surface area contributed by atoms with Crippen LogP contribution in [0, 0.1) is 6.92 Å². The van der Waals surface area contributed by atoms with Gasteiger partial charge in [0.15, 0.2) is 0 Å². The molecule has 4 rings (SSSR count). The Morgan fingerprint density at radius 2 is 2.06 bits per heavy atom. The predicted molar refractivity (Wildman–Crippen MR) is 117 cm³/mol. The van der Waals surface area contributed by atoms with Gasteiger partial charge in [-0.2, -0.15) is 0 Å². The van der Waals surface area contributed by atoms with Gasteiger partial charge in [-0.1, -0.05) is 18.2 Å². The first kappa shape index (κ1) is 20.3. The van der Waals surface area contributed by atoms with E-state index in [4.69, 9.17) is 4.74 Å². The third-order valence-electron chi connectivity index (χ3n) is 4.94. The molecule has 3 heterocycles. The third kappa shape index (κ3) is 4.48. The topological polar surface area (TPSA) is 113 Å². The van der Waals surface area contributed by atoms with Gasteiger partial charge in [-0.3, -0.25) is 9.59 Å². The third-order valence-corrected chi connectivity index (χ3v) is 4.94. The fourth-order valence-corrected chi connectivity index (χ4v) is 3.58. The molecular formula is C23H23N5O3. The number of benzene rings is 1. The average Bonchev–Trinajstić information content (AvgIpc) is 3.16. The first-order chi connectivity index (χ1) is 15.0. The molecule has 3 aromatic heterocycles. The van der Waals surface area contributed by atoms with Gasteiger partial charge in [-0.05, 0) is 37.6 Å². The maximum absolute atomic E-state index is 13.1. The van der Waals surface area contributed by atoms with Gasteiger partial charge in [-0.25, -0.2) is 9.97 Å². The molecule has 0 saturated heterocycles. The zero-order chi connectivity index (χ0) is 21.8. The lowest BCUT2D eigenvalue weighted by Crippen LogP contribution is -2.32. The van der Waals surface area contributed by atoms with E-state index in [1.54, 1.807) is 25.3 Å². The predicted octanol–water partition coefficient (Wildman–Crippen LogP) is 3.07. The Bertz CT molecular complexity index is 1280. The van der Waals surface area contributed by atoms with Crippen LogP contribution in [0.5, 0.6) is 5.88 Å². The molecule has 4 aromatic rings. The van der Waals surface area contributed by atoms with E-state index in [1.165, 1.54) is 6.07 Å². The van der Waals surface area contributed by atoms with Crippen LogP contribution in [0.1, 0.15) is 40.4 Å². The minimum Gasteiger partial charge on any atom is -0.477 e. The van der Waals surface area contributed by atoms with Crippen LogP contribution in [0.25, 0.3) is 10.9 Å². The monoisotopic (exact) mass is 417 g/mol. The molecule has 1 aromatic carbocycles. The number of nitrogens with one attached hydrogen (secondary N) is 3. The summed E-state index contributed by atoms with van der Waals surface area (Å²) in [6, 6.07) is 12.2. The molecule has 0 fully saturated rings. The average molecular weight is 417 g/mol. The smallest absolute Gasteiger partial charge is 0.257 e. The van der Waals surface area contributed by atoms with Crippen LogP contribution < -0.4 is 15.6 Å². The molecule has 31 heavy (non-hydrogen) atoms. The van der Waals surface area contributed by atoms with E-state index in [0.29, 0.717) is 30.1 Å². The lowest BCUT2D eigenvalue weighted by Gasteiger charge is -2.19. The summed E-state index contributed by atoms with van der Waals surface area (Å²) in [5, 5.41) is 4.07. The zero-order valence-electron chi connectivity index (χ0n) is 17.3. The van der Waals surface area contributed by atoms with Gasteiger partial charge in [0.1, 0.15) is 11.4 Å². The van der Waals surface area contributed by atoms with Crippen molar-refractivity contribution in [2.75, 3.05) is 6.61 Å². The molecule has 1 amide bonds. The summed E-state index contributed by atoms with van der Waals surface area (Å²) < 4.78 is 5.50. The fraction of sp³-hybridized carbons (Fsp3) is 0.217. The van der Waals surface area contributed by atoms with Gasteiger partial charge >= 0.3 is 0 Å². The molecular weight excluding hydrogens is 394 g/mol. The molecule has 0 radical (unpaired) electrons. The summed E-state index contributed by atoms with van der Waals surface area (Å²) >= 11 is 0. The molecule has 3 N–H and O–H groups in total. The van der Waals surface area contributed by atoms with Crippen molar-refractivity contribution in [3.8, 4) is 5.88 Å². The number of rotatable bonds is 7. The Morgan fingerprint density at radius 1 is 1.23 bits per heavy atom. The van der Waals surface area contributed by atoms with Crippen molar-refractivity contribution in [1.82, 2.24) is 25.3 Å². The molecule has 0 aliphatic heterocycles. The van der Waals surface area contributed by atoms with E-state index in [1.807, 2.05) is 37.4 Å². The van der Waals surface area contributed by atoms with E-state index < -0.39 is 6.04 Å². The summed E-state index contributed by atoms with van der Waals surface area (Å²) in [5.74, 6) is 0.404. The molecule has 0 bridgehead atoms. The Balaban J connectivity index is 1.70. The van der Waals surface area contributed by atoms with E-state index in [-0.39, 0.29) is 17.3 Å². The van der Waals surface area contributed by atoms with Crippen molar-refractivity contribution in [2.24, 2.45) is 0 Å². The fourth-order valence-electron chi connectivity index (χ4n) is 3.58. The van der Waals surface area contributed by atoms with Gasteiger partial charge in [0.05, 0.1) is 18.3 Å². The Labute approximate surface area is 178 Å². The quantitative estimate of drug-likeness (QED) is 0.428. The summed E-state index contributed by atoms with van der Waals surface area (Å²) in [6.45, 7) is 3.94. The Hall–Kier alpha value is -3.94. The number of aromatic amines is 2. The van der Waals surface area contributed by atoms with Crippen molar-refractivity contribution >= 4 is 16.8 Å². The maximum atomic E-state index is 13.1. The van der Waals surface area contributed by atoms with E-state index in [2.05, 4.69) is 25.3 Å². The number of para-hydroxylation sites is 1. The molecule has 0 aliphatic rings. The van der Waals surface area contributed by atoms with Crippen LogP contribution >= 0.6 is 0 Å². The highest BCUT2D eigenvalue weighted by Gasteiger charge is 2.22. The number of hydrogen-bond acceptors (Lipinski definition) is 5. The Morgan fingerprint density at radius 3 is 2.87 bits per heavy atom. The van der Waals surface area contributed by atoms with Crippen LogP contribution in [0.15, 0.2) is 59.7 Å². The highest BCUT2D eigenvalue weighted by Crippen LogP contribution is 2.24. The van der Waals surface area contributed by atoms with Crippen molar-refractivity contribution in [3.63, 3.8) is 0 Å². The largest absolute Gasteiger partial charge is 0.477 e. The van der Waals surface area contributed by atoms with Gasteiger partial charge in [0, 0.05) is 35.8 Å². The number of H-pyrrole nitrogens is 2. The number of amides is 1. The summed E-state index contributed by atoms with van der Waals surface area (Å²) in [7, 11) is 0. The number of fused-ring (bicyclic) bond motifs is 1. The van der Waals surface area contributed by atoms with Gasteiger partial charge < -0.3 is 20.0 Å². The number of carbonyl (C=O) groups is 1. The number of aryl methyl sites for hydroxylation is 1. The number of aromatic nitrogens is 4. The number of carbonyl (C=O) groups excluding carboxylic acids is 1. The summed E-state index contributed by atoms with van der Waals surface area (Å²) in [4.78, 5) is 39.7. The normalized spacial score (nSPS) is 11.9. The molecule has 158 valence electrons. The minimum atomic E-state index is -0.526. The van der Waals surface area contributed by atoms with Crippen LogP contribution in [-0.2, 0) is 6.42 Å². The summed E-state index contributed by atoms with van der Waals surface area (Å²) in [5.41, 5.74) is 2.56. The van der Waals surface area contributed by atoms with Crippen molar-refractivity contribution < 1.29 is 9.53 Å². The lowest BCUT2D eigenvalue weighted by atomic mass is 10.0. The standard InChI is InChI=1S/C23H23N5O3/c1-3-31-23-17(8-6-10-24-23)22(30)28-19(20-12-21(29)27-14(2)26-20)11-15-13-25-18-9-5-4-7-16(15)18/h4-10,12-13,19,25H,3,11H2,1-2H3,(H,28,30)(H,26,27,29). The number of hydrogen-bond donors (Lipinski definition) is 3. The van der Waals surface area contributed by atoms with Gasteiger partial charge in [0.2, 0.25) is 5.88 Å². The van der Waals surface area contributed by atoms with E-state index in [9.17, 15) is 9.59 Å². The van der Waals surface area contributed by atoms with Crippen LogP contribution in [0.2, 0.25) is 0 Å². The molecule has 8 nitrogen and oxygen atoms in total. The molecule has 8 heteroatoms. The molecule has 0 spiro atoms. The highest BCUT2D eigenvalue weighted by molar-refractivity contribution is 5.96. The van der Waals surface area contributed by atoms with Gasteiger partial charge in [0.25, 0.3) is 11.5 Å². The van der Waals surface area contributed by atoms with Gasteiger partial charge in [-0.15, -0.1) is 0 Å². The molecule has 1 unspecified atom stereocenters. The Kier molecular flexibility index (Phi) is 5.79. The SMILES string of the molecule is CCOc1ncccc1C(=O)NC(Cc1c[nH]c2ccccc12)c1cc(=O)[nH]c(C)n1. The van der Waals surface area contributed by atoms with Crippen LogP contribution in [0.4, 0.5) is 0 Å². The number of pyridine rings is 1. The number of nitrogens with zero attached hydrogens (tertiary/aromatic N) is 2. The summed E-state index contributed by atoms with van der Waals surface area (Å²) in [6.07, 6.45) is 3.95. The first-order valence-electron chi connectivity index (χ1n) is 10.1.